The van der Waals surface area contributed by atoms with Crippen molar-refractivity contribution in [3.05, 3.63) is 63.3 Å². The number of thiazole rings is 1. The fourth-order valence-electron chi connectivity index (χ4n) is 2.26. The molecule has 2 heterocycles. The standard InChI is InChI=1S/C18H16N4O6S2/c1-27-13-4-2-11(3-5-13)19-15(23)10-29-8-12-9-30-18(20-12)21-17(24)14-6-7-16(28-14)22(25)26/h2-7,9H,8,10H2,1H3,(H,19,23)(H,20,21,24). The van der Waals surface area contributed by atoms with Gasteiger partial charge in [-0.25, -0.2) is 4.98 Å². The molecule has 0 saturated carbocycles. The van der Waals surface area contributed by atoms with Crippen LogP contribution in [0.5, 0.6) is 5.75 Å². The monoisotopic (exact) mass is 448 g/mol. The zero-order chi connectivity index (χ0) is 21.5. The van der Waals surface area contributed by atoms with E-state index < -0.39 is 16.7 Å². The van der Waals surface area contributed by atoms with Crippen LogP contribution in [0.15, 0.2) is 46.2 Å². The molecule has 0 saturated heterocycles. The van der Waals surface area contributed by atoms with Crippen LogP contribution in [0.2, 0.25) is 0 Å². The summed E-state index contributed by atoms with van der Waals surface area (Å²) in [6, 6.07) is 9.35. The summed E-state index contributed by atoms with van der Waals surface area (Å²) in [7, 11) is 1.57. The van der Waals surface area contributed by atoms with E-state index >= 15 is 0 Å². The number of benzene rings is 1. The molecule has 0 aliphatic rings. The molecule has 30 heavy (non-hydrogen) atoms. The summed E-state index contributed by atoms with van der Waals surface area (Å²) >= 11 is 2.58. The number of anilines is 2. The minimum Gasteiger partial charge on any atom is -0.497 e. The number of rotatable bonds is 9. The molecule has 2 amide bonds. The van der Waals surface area contributed by atoms with E-state index in [4.69, 9.17) is 9.15 Å². The highest BCUT2D eigenvalue weighted by molar-refractivity contribution is 7.99. The maximum atomic E-state index is 12.0. The minimum absolute atomic E-state index is 0.145. The third kappa shape index (κ3) is 5.81. The van der Waals surface area contributed by atoms with Crippen LogP contribution in [0.4, 0.5) is 16.7 Å². The first-order valence-electron chi connectivity index (χ1n) is 8.46. The fraction of sp³-hybridized carbons (Fsp3) is 0.167. The van der Waals surface area contributed by atoms with Gasteiger partial charge in [0.1, 0.15) is 10.7 Å². The van der Waals surface area contributed by atoms with Crippen LogP contribution in [0.1, 0.15) is 16.2 Å². The van der Waals surface area contributed by atoms with Gasteiger partial charge in [0.25, 0.3) is 5.91 Å². The molecule has 156 valence electrons. The van der Waals surface area contributed by atoms with E-state index in [1.165, 1.54) is 29.2 Å². The SMILES string of the molecule is COc1ccc(NC(=O)CSCc2csc(NC(=O)c3ccc([N+](=O)[O-])o3)n2)cc1. The molecule has 0 atom stereocenters. The lowest BCUT2D eigenvalue weighted by Crippen LogP contribution is -2.14. The fourth-order valence-corrected chi connectivity index (χ4v) is 3.78. The minimum atomic E-state index is -0.722. The molecule has 0 radical (unpaired) electrons. The Hall–Kier alpha value is -3.38. The van der Waals surface area contributed by atoms with E-state index in [9.17, 15) is 19.7 Å². The van der Waals surface area contributed by atoms with E-state index in [1.54, 1.807) is 36.8 Å². The van der Waals surface area contributed by atoms with Crippen LogP contribution in [-0.2, 0) is 10.5 Å². The Morgan fingerprint density at radius 2 is 2.00 bits per heavy atom. The Balaban J connectivity index is 1.44. The second kappa shape index (κ2) is 9.89. The molecule has 10 nitrogen and oxygen atoms in total. The lowest BCUT2D eigenvalue weighted by Gasteiger charge is -2.05. The van der Waals surface area contributed by atoms with Crippen LogP contribution in [0.25, 0.3) is 0 Å². The predicted octanol–water partition coefficient (Wildman–Crippen LogP) is 3.78. The van der Waals surface area contributed by atoms with E-state index in [0.29, 0.717) is 28.0 Å². The summed E-state index contributed by atoms with van der Waals surface area (Å²) < 4.78 is 9.92. The predicted molar refractivity (Wildman–Crippen MR) is 113 cm³/mol. The van der Waals surface area contributed by atoms with Gasteiger partial charge in [0.2, 0.25) is 5.91 Å². The Morgan fingerprint density at radius 3 is 2.67 bits per heavy atom. The van der Waals surface area contributed by atoms with E-state index in [0.717, 1.165) is 6.07 Å². The summed E-state index contributed by atoms with van der Waals surface area (Å²) in [6.07, 6.45) is 0. The Morgan fingerprint density at radius 1 is 1.23 bits per heavy atom. The van der Waals surface area contributed by atoms with Crippen molar-refractivity contribution in [3.63, 3.8) is 0 Å². The molecule has 1 aromatic carbocycles. The molecule has 2 N–H and O–H groups in total. The molecule has 0 spiro atoms. The average molecular weight is 448 g/mol. The molecule has 12 heteroatoms. The van der Waals surface area contributed by atoms with Crippen molar-refractivity contribution in [2.45, 2.75) is 5.75 Å². The summed E-state index contributed by atoms with van der Waals surface area (Å²) in [5.74, 6) is -0.0362. The lowest BCUT2D eigenvalue weighted by atomic mass is 10.3. The molecule has 0 aliphatic carbocycles. The third-order valence-corrected chi connectivity index (χ3v) is 5.40. The van der Waals surface area contributed by atoms with Gasteiger partial charge in [-0.15, -0.1) is 23.1 Å². The van der Waals surface area contributed by atoms with Crippen molar-refractivity contribution < 1.29 is 23.7 Å². The quantitative estimate of drug-likeness (QED) is 0.373. The van der Waals surface area contributed by atoms with Gasteiger partial charge in [-0.1, -0.05) is 0 Å². The number of ether oxygens (including phenoxy) is 1. The van der Waals surface area contributed by atoms with Crippen molar-refractivity contribution in [1.82, 2.24) is 4.98 Å². The third-order valence-electron chi connectivity index (χ3n) is 3.62. The van der Waals surface area contributed by atoms with Crippen molar-refractivity contribution in [1.29, 1.82) is 0 Å². The molecule has 0 fully saturated rings. The highest BCUT2D eigenvalue weighted by Gasteiger charge is 2.18. The molecule has 3 aromatic rings. The number of aromatic nitrogens is 1. The number of nitro groups is 1. The van der Waals surface area contributed by atoms with Crippen LogP contribution >= 0.6 is 23.1 Å². The molecule has 2 aromatic heterocycles. The second-order valence-corrected chi connectivity index (χ2v) is 7.61. The van der Waals surface area contributed by atoms with Gasteiger partial charge in [-0.3, -0.25) is 25.0 Å². The van der Waals surface area contributed by atoms with Gasteiger partial charge >= 0.3 is 5.88 Å². The van der Waals surface area contributed by atoms with E-state index in [2.05, 4.69) is 15.6 Å². The van der Waals surface area contributed by atoms with Crippen LogP contribution in [0.3, 0.4) is 0 Å². The zero-order valence-corrected chi connectivity index (χ0v) is 17.2. The Bertz CT molecular complexity index is 1050. The van der Waals surface area contributed by atoms with Gasteiger partial charge < -0.3 is 14.5 Å². The molecule has 0 unspecified atom stereocenters. The van der Waals surface area contributed by atoms with Gasteiger partial charge in [-0.2, -0.15) is 0 Å². The molecule has 3 rings (SSSR count). The number of hydrogen-bond acceptors (Lipinski definition) is 9. The van der Waals surface area contributed by atoms with Gasteiger partial charge in [0.15, 0.2) is 10.9 Å². The smallest absolute Gasteiger partial charge is 0.433 e. The maximum Gasteiger partial charge on any atom is 0.433 e. The molecule has 0 bridgehead atoms. The summed E-state index contributed by atoms with van der Waals surface area (Å²) in [4.78, 5) is 38.2. The number of furan rings is 1. The Kier molecular flexibility index (Phi) is 7.03. The number of nitrogens with zero attached hydrogens (tertiary/aromatic N) is 2. The Labute approximate surface area is 178 Å². The number of hydrogen-bond donors (Lipinski definition) is 2. The lowest BCUT2D eigenvalue weighted by molar-refractivity contribution is -0.402. The molecular formula is C18H16N4O6S2. The van der Waals surface area contributed by atoms with Gasteiger partial charge in [0.05, 0.1) is 24.6 Å². The largest absolute Gasteiger partial charge is 0.497 e. The highest BCUT2D eigenvalue weighted by Crippen LogP contribution is 2.22. The average Bonchev–Trinajstić information content (AvgIpc) is 3.38. The van der Waals surface area contributed by atoms with Crippen molar-refractivity contribution in [2.24, 2.45) is 0 Å². The summed E-state index contributed by atoms with van der Waals surface area (Å²) in [5.41, 5.74) is 1.38. The summed E-state index contributed by atoms with van der Waals surface area (Å²) in [6.45, 7) is 0. The van der Waals surface area contributed by atoms with Crippen molar-refractivity contribution in [3.8, 4) is 5.75 Å². The normalized spacial score (nSPS) is 10.4. The molecular weight excluding hydrogens is 432 g/mol. The first kappa shape index (κ1) is 21.3. The number of amides is 2. The van der Waals surface area contributed by atoms with Crippen molar-refractivity contribution >= 4 is 51.6 Å². The van der Waals surface area contributed by atoms with Gasteiger partial charge in [0, 0.05) is 16.8 Å². The highest BCUT2D eigenvalue weighted by atomic mass is 32.2. The number of carbonyl (C=O) groups is 2. The second-order valence-electron chi connectivity index (χ2n) is 5.76. The van der Waals surface area contributed by atoms with Crippen molar-refractivity contribution in [2.75, 3.05) is 23.5 Å². The number of methoxy groups -OCH3 is 1. The number of carbonyl (C=O) groups excluding carboxylic acids is 2. The first-order valence-corrected chi connectivity index (χ1v) is 10.5. The van der Waals surface area contributed by atoms with Gasteiger partial charge in [-0.05, 0) is 30.3 Å². The maximum absolute atomic E-state index is 12.0. The molecule has 0 aliphatic heterocycles. The van der Waals surface area contributed by atoms with E-state index in [-0.39, 0.29) is 17.4 Å². The number of thioether (sulfide) groups is 1. The topological polar surface area (TPSA) is 137 Å². The zero-order valence-electron chi connectivity index (χ0n) is 15.6. The van der Waals surface area contributed by atoms with Crippen LogP contribution < -0.4 is 15.4 Å². The van der Waals surface area contributed by atoms with Crippen LogP contribution in [-0.4, -0.2) is 34.6 Å². The van der Waals surface area contributed by atoms with E-state index in [1.807, 2.05) is 0 Å². The van der Waals surface area contributed by atoms with Crippen LogP contribution in [0, 0.1) is 10.1 Å². The summed E-state index contributed by atoms with van der Waals surface area (Å²) in [5, 5.41) is 18.0. The first-order chi connectivity index (χ1) is 14.4. The number of nitrogens with one attached hydrogen (secondary N) is 2.